The van der Waals surface area contributed by atoms with Gasteiger partial charge in [-0.25, -0.2) is 14.8 Å². The van der Waals surface area contributed by atoms with Crippen LogP contribution in [0.2, 0.25) is 0 Å². The largest absolute Gasteiger partial charge is 0.361 e. The van der Waals surface area contributed by atoms with Crippen LogP contribution in [0.1, 0.15) is 30.9 Å². The van der Waals surface area contributed by atoms with Gasteiger partial charge in [0.2, 0.25) is 5.95 Å². The van der Waals surface area contributed by atoms with E-state index in [1.165, 1.54) is 6.42 Å². The molecule has 0 amide bonds. The molecule has 4 rings (SSSR count). The average Bonchev–Trinajstić information content (AvgIpc) is 3.14. The first-order valence-corrected chi connectivity index (χ1v) is 9.53. The second-order valence-electron chi connectivity index (χ2n) is 7.06. The van der Waals surface area contributed by atoms with Crippen molar-refractivity contribution in [3.05, 3.63) is 47.1 Å². The smallest absolute Gasteiger partial charge is 0.223 e. The van der Waals surface area contributed by atoms with Gasteiger partial charge in [-0.1, -0.05) is 19.1 Å². The van der Waals surface area contributed by atoms with Crippen LogP contribution < -0.4 is 10.6 Å². The third-order valence-corrected chi connectivity index (χ3v) is 5.34. The van der Waals surface area contributed by atoms with Crippen molar-refractivity contribution < 1.29 is 0 Å². The minimum Gasteiger partial charge on any atom is -0.361 e. The lowest BCUT2D eigenvalue weighted by atomic mass is 10.0. The number of nitrogens with zero attached hydrogens (tertiary/aromatic N) is 3. The molecule has 0 spiro atoms. The summed E-state index contributed by atoms with van der Waals surface area (Å²) in [5.41, 5.74) is 5.81. The van der Waals surface area contributed by atoms with Gasteiger partial charge in [-0.15, -0.1) is 0 Å². The van der Waals surface area contributed by atoms with Gasteiger partial charge in [-0.2, -0.15) is 0 Å². The number of hydrogen-bond donors (Lipinski definition) is 3. The molecule has 3 aromatic rings. The number of fused-ring (bicyclic) bond motifs is 1. The third-order valence-electron chi connectivity index (χ3n) is 5.34. The molecule has 0 saturated carbocycles. The molecule has 1 aliphatic rings. The minimum absolute atomic E-state index is 0.366. The lowest BCUT2D eigenvalue weighted by Gasteiger charge is -2.24. The first kappa shape index (κ1) is 17.5. The van der Waals surface area contributed by atoms with Crippen molar-refractivity contribution in [2.75, 3.05) is 18.4 Å². The molecule has 6 heteroatoms. The van der Waals surface area contributed by atoms with Crippen LogP contribution in [0.4, 0.5) is 11.6 Å². The van der Waals surface area contributed by atoms with E-state index in [0.717, 1.165) is 59.2 Å². The Bertz CT molecular complexity index is 1010. The van der Waals surface area contributed by atoms with Crippen LogP contribution in [0.3, 0.4) is 0 Å². The molecule has 0 bridgehead atoms. The summed E-state index contributed by atoms with van der Waals surface area (Å²) in [6.07, 6.45) is 7.10. The van der Waals surface area contributed by atoms with Crippen LogP contribution in [0, 0.1) is 13.5 Å². The normalized spacial score (nSPS) is 17.0. The molecule has 27 heavy (non-hydrogen) atoms. The zero-order valence-electron chi connectivity index (χ0n) is 15.8. The summed E-state index contributed by atoms with van der Waals surface area (Å²) in [4.78, 5) is 16.4. The fraction of sp³-hybridized carbons (Fsp3) is 0.381. The lowest BCUT2D eigenvalue weighted by Crippen LogP contribution is -2.38. The van der Waals surface area contributed by atoms with E-state index in [1.54, 1.807) is 0 Å². The number of piperidine rings is 1. The van der Waals surface area contributed by atoms with Gasteiger partial charge >= 0.3 is 0 Å². The Balaban J connectivity index is 1.76. The molecular formula is C21H24N6. The van der Waals surface area contributed by atoms with E-state index in [1.807, 2.05) is 31.5 Å². The maximum Gasteiger partial charge on any atom is 0.223 e. The predicted molar refractivity (Wildman–Crippen MR) is 109 cm³/mol. The fourth-order valence-corrected chi connectivity index (χ4v) is 3.78. The van der Waals surface area contributed by atoms with Crippen molar-refractivity contribution in [3.8, 4) is 11.3 Å². The van der Waals surface area contributed by atoms with Gasteiger partial charge in [-0.05, 0) is 43.9 Å². The standard InChI is InChI=1S/C21H24N6/c1-4-14-10-25-21(26-15-6-5-9-23-11-15)27-20(14)17-12-24-19-13(2)18(22-3)8-7-16(17)19/h7-8,10,12,15,23-24H,4-6,9,11H2,1-2H3,(H,25,26,27)/t15-/m0/s1. The second-order valence-corrected chi connectivity index (χ2v) is 7.06. The van der Waals surface area contributed by atoms with Gasteiger partial charge in [0.25, 0.3) is 0 Å². The van der Waals surface area contributed by atoms with Crippen molar-refractivity contribution in [2.24, 2.45) is 0 Å². The van der Waals surface area contributed by atoms with Crippen molar-refractivity contribution in [3.63, 3.8) is 0 Å². The highest BCUT2D eigenvalue weighted by Crippen LogP contribution is 2.35. The Morgan fingerprint density at radius 3 is 3.00 bits per heavy atom. The monoisotopic (exact) mass is 360 g/mol. The maximum absolute atomic E-state index is 7.32. The number of anilines is 1. The van der Waals surface area contributed by atoms with E-state index in [-0.39, 0.29) is 0 Å². The molecule has 3 heterocycles. The second kappa shape index (κ2) is 7.37. The van der Waals surface area contributed by atoms with Gasteiger partial charge in [0.15, 0.2) is 5.69 Å². The highest BCUT2D eigenvalue weighted by molar-refractivity contribution is 5.99. The molecule has 0 radical (unpaired) electrons. The Morgan fingerprint density at radius 1 is 1.37 bits per heavy atom. The number of aromatic nitrogens is 3. The summed E-state index contributed by atoms with van der Waals surface area (Å²) < 4.78 is 0. The fourth-order valence-electron chi connectivity index (χ4n) is 3.78. The summed E-state index contributed by atoms with van der Waals surface area (Å²) >= 11 is 0. The van der Waals surface area contributed by atoms with E-state index >= 15 is 0 Å². The Kier molecular flexibility index (Phi) is 4.78. The van der Waals surface area contributed by atoms with Crippen molar-refractivity contribution in [1.82, 2.24) is 20.3 Å². The molecule has 6 nitrogen and oxygen atoms in total. The highest BCUT2D eigenvalue weighted by atomic mass is 15.1. The van der Waals surface area contributed by atoms with E-state index in [0.29, 0.717) is 17.7 Å². The molecule has 1 atom stereocenters. The first-order valence-electron chi connectivity index (χ1n) is 9.53. The maximum atomic E-state index is 7.32. The molecule has 1 aliphatic heterocycles. The predicted octanol–water partition coefficient (Wildman–Crippen LogP) is 4.21. The highest BCUT2D eigenvalue weighted by Gasteiger charge is 2.17. The first-order chi connectivity index (χ1) is 13.2. The number of rotatable bonds is 4. The Morgan fingerprint density at radius 2 is 2.26 bits per heavy atom. The molecule has 138 valence electrons. The Labute approximate surface area is 159 Å². The average molecular weight is 360 g/mol. The van der Waals surface area contributed by atoms with E-state index in [2.05, 4.69) is 32.4 Å². The van der Waals surface area contributed by atoms with Crippen LogP contribution in [-0.4, -0.2) is 34.1 Å². The molecule has 0 aliphatic carbocycles. The summed E-state index contributed by atoms with van der Waals surface area (Å²) in [7, 11) is 0. The van der Waals surface area contributed by atoms with Crippen LogP contribution in [0.15, 0.2) is 24.5 Å². The van der Waals surface area contributed by atoms with Crippen LogP contribution in [0.25, 0.3) is 27.0 Å². The molecule has 1 saturated heterocycles. The van der Waals surface area contributed by atoms with Crippen molar-refractivity contribution in [1.29, 1.82) is 0 Å². The van der Waals surface area contributed by atoms with Crippen molar-refractivity contribution >= 4 is 22.5 Å². The van der Waals surface area contributed by atoms with Crippen LogP contribution in [-0.2, 0) is 6.42 Å². The SMILES string of the molecule is [C-]#[N+]c1ccc2c(-c3nc(N[C@H]4CCCNC4)ncc3CC)c[nH]c2c1C. The minimum atomic E-state index is 0.366. The van der Waals surface area contributed by atoms with Gasteiger partial charge in [0, 0.05) is 41.4 Å². The van der Waals surface area contributed by atoms with E-state index in [4.69, 9.17) is 11.6 Å². The van der Waals surface area contributed by atoms with E-state index in [9.17, 15) is 0 Å². The number of aromatic amines is 1. The Hall–Kier alpha value is -2.91. The van der Waals surface area contributed by atoms with E-state index < -0.39 is 0 Å². The van der Waals surface area contributed by atoms with Gasteiger partial charge in [-0.3, -0.25) is 0 Å². The van der Waals surface area contributed by atoms with Crippen LogP contribution >= 0.6 is 0 Å². The van der Waals surface area contributed by atoms with Crippen molar-refractivity contribution in [2.45, 2.75) is 39.2 Å². The van der Waals surface area contributed by atoms with Gasteiger partial charge < -0.3 is 15.6 Å². The zero-order chi connectivity index (χ0) is 18.8. The quantitative estimate of drug-likeness (QED) is 0.610. The molecule has 1 fully saturated rings. The van der Waals surface area contributed by atoms with Crippen LogP contribution in [0.5, 0.6) is 0 Å². The molecule has 1 aromatic carbocycles. The number of H-pyrrole nitrogens is 1. The summed E-state index contributed by atoms with van der Waals surface area (Å²) in [5, 5.41) is 7.99. The van der Waals surface area contributed by atoms with Gasteiger partial charge in [0.1, 0.15) is 0 Å². The molecule has 0 unspecified atom stereocenters. The molecule has 2 aromatic heterocycles. The number of nitrogens with one attached hydrogen (secondary N) is 3. The summed E-state index contributed by atoms with van der Waals surface area (Å²) in [5.74, 6) is 0.680. The summed E-state index contributed by atoms with van der Waals surface area (Å²) in [6.45, 7) is 13.5. The zero-order valence-corrected chi connectivity index (χ0v) is 15.8. The molecular weight excluding hydrogens is 336 g/mol. The molecule has 3 N–H and O–H groups in total. The number of aryl methyl sites for hydroxylation is 2. The summed E-state index contributed by atoms with van der Waals surface area (Å²) in [6, 6.07) is 4.27. The number of benzene rings is 1. The van der Waals surface area contributed by atoms with Gasteiger partial charge in [0.05, 0.1) is 12.3 Å². The third kappa shape index (κ3) is 3.26. The lowest BCUT2D eigenvalue weighted by molar-refractivity contribution is 0.478. The number of hydrogen-bond acceptors (Lipinski definition) is 4. The topological polar surface area (TPSA) is 70.0 Å².